The van der Waals surface area contributed by atoms with Crippen LogP contribution < -0.4 is 5.32 Å². The second-order valence-electron chi connectivity index (χ2n) is 6.55. The molecule has 5 nitrogen and oxygen atoms in total. The molecular weight excluding hydrogens is 292 g/mol. The molecule has 2 amide bonds. The van der Waals surface area contributed by atoms with Crippen molar-refractivity contribution < 1.29 is 14.3 Å². The maximum absolute atomic E-state index is 12.8. The van der Waals surface area contributed by atoms with Crippen molar-refractivity contribution in [3.05, 3.63) is 35.4 Å². The van der Waals surface area contributed by atoms with Gasteiger partial charge in [0.1, 0.15) is 6.04 Å². The highest BCUT2D eigenvalue weighted by Crippen LogP contribution is 2.32. The highest BCUT2D eigenvalue weighted by atomic mass is 16.5. The minimum Gasteiger partial charge on any atom is -0.376 e. The lowest BCUT2D eigenvalue weighted by molar-refractivity contribution is -0.143. The molecule has 2 aliphatic rings. The summed E-state index contributed by atoms with van der Waals surface area (Å²) in [6.07, 6.45) is 2.49. The lowest BCUT2D eigenvalue weighted by Crippen LogP contribution is -2.51. The van der Waals surface area contributed by atoms with Crippen molar-refractivity contribution in [3.8, 4) is 0 Å². The number of ether oxygens (including phenoxy) is 1. The van der Waals surface area contributed by atoms with E-state index < -0.39 is 6.04 Å². The Balaban J connectivity index is 1.82. The molecule has 0 aliphatic carbocycles. The van der Waals surface area contributed by atoms with Gasteiger partial charge in [-0.2, -0.15) is 0 Å². The first-order valence-electron chi connectivity index (χ1n) is 8.36. The Labute approximate surface area is 137 Å². The van der Waals surface area contributed by atoms with Gasteiger partial charge in [0.25, 0.3) is 0 Å². The number of benzene rings is 1. The van der Waals surface area contributed by atoms with E-state index in [0.717, 1.165) is 30.6 Å². The van der Waals surface area contributed by atoms with Gasteiger partial charge < -0.3 is 15.0 Å². The highest BCUT2D eigenvalue weighted by Gasteiger charge is 2.38. The zero-order chi connectivity index (χ0) is 16.4. The molecule has 1 saturated heterocycles. The molecule has 1 fully saturated rings. The van der Waals surface area contributed by atoms with E-state index in [1.54, 1.807) is 4.90 Å². The van der Waals surface area contributed by atoms with E-state index in [4.69, 9.17) is 4.74 Å². The zero-order valence-electron chi connectivity index (χ0n) is 13.7. The Morgan fingerprint density at radius 3 is 2.87 bits per heavy atom. The fraction of sp³-hybridized carbons (Fsp3) is 0.556. The van der Waals surface area contributed by atoms with Crippen molar-refractivity contribution in [2.45, 2.75) is 51.3 Å². The number of fused-ring (bicyclic) bond motifs is 1. The van der Waals surface area contributed by atoms with Gasteiger partial charge in [0.15, 0.2) is 0 Å². The minimum atomic E-state index is -0.547. The summed E-state index contributed by atoms with van der Waals surface area (Å²) in [6, 6.07) is 7.16. The molecule has 0 bridgehead atoms. The van der Waals surface area contributed by atoms with E-state index >= 15 is 0 Å². The molecule has 1 N–H and O–H groups in total. The second-order valence-corrected chi connectivity index (χ2v) is 6.55. The number of hydrogen-bond acceptors (Lipinski definition) is 3. The summed E-state index contributed by atoms with van der Waals surface area (Å²) in [7, 11) is 0. The third kappa shape index (κ3) is 3.24. The SMILES string of the molecule is CC(C)N1C(=O)Cc2ccccc2C1C(=O)NCC1CCCO1. The monoisotopic (exact) mass is 316 g/mol. The van der Waals surface area contributed by atoms with Gasteiger partial charge in [0.2, 0.25) is 11.8 Å². The van der Waals surface area contributed by atoms with Crippen LogP contribution in [0.2, 0.25) is 0 Å². The largest absolute Gasteiger partial charge is 0.376 e. The predicted octanol–water partition coefficient (Wildman–Crippen LogP) is 1.82. The van der Waals surface area contributed by atoms with Crippen LogP contribution in [0.4, 0.5) is 0 Å². The Hall–Kier alpha value is -1.88. The number of rotatable bonds is 4. The molecule has 124 valence electrons. The maximum Gasteiger partial charge on any atom is 0.247 e. The van der Waals surface area contributed by atoms with Gasteiger partial charge in [0, 0.05) is 19.2 Å². The van der Waals surface area contributed by atoms with Crippen molar-refractivity contribution in [2.24, 2.45) is 0 Å². The van der Waals surface area contributed by atoms with Gasteiger partial charge in [-0.25, -0.2) is 0 Å². The van der Waals surface area contributed by atoms with Crippen LogP contribution in [0.25, 0.3) is 0 Å². The summed E-state index contributed by atoms with van der Waals surface area (Å²) in [5.74, 6) is -0.106. The highest BCUT2D eigenvalue weighted by molar-refractivity contribution is 5.92. The van der Waals surface area contributed by atoms with E-state index in [-0.39, 0.29) is 24.0 Å². The van der Waals surface area contributed by atoms with Gasteiger partial charge in [-0.15, -0.1) is 0 Å². The molecule has 1 aromatic carbocycles. The molecule has 0 saturated carbocycles. The van der Waals surface area contributed by atoms with Crippen LogP contribution in [0.3, 0.4) is 0 Å². The van der Waals surface area contributed by atoms with Crippen LogP contribution in [0.15, 0.2) is 24.3 Å². The van der Waals surface area contributed by atoms with Crippen molar-refractivity contribution in [3.63, 3.8) is 0 Å². The first kappa shape index (κ1) is 16.0. The minimum absolute atomic E-state index is 0.0102. The fourth-order valence-corrected chi connectivity index (χ4v) is 3.48. The van der Waals surface area contributed by atoms with Crippen molar-refractivity contribution >= 4 is 11.8 Å². The third-order valence-corrected chi connectivity index (χ3v) is 4.59. The van der Waals surface area contributed by atoms with Crippen molar-refractivity contribution in [2.75, 3.05) is 13.2 Å². The molecule has 1 aromatic rings. The summed E-state index contributed by atoms with van der Waals surface area (Å²) in [5.41, 5.74) is 1.89. The van der Waals surface area contributed by atoms with Crippen molar-refractivity contribution in [1.29, 1.82) is 0 Å². The van der Waals surface area contributed by atoms with Gasteiger partial charge >= 0.3 is 0 Å². The lowest BCUT2D eigenvalue weighted by Gasteiger charge is -2.39. The van der Waals surface area contributed by atoms with Crippen LogP contribution in [-0.4, -0.2) is 42.0 Å². The summed E-state index contributed by atoms with van der Waals surface area (Å²) >= 11 is 0. The number of nitrogens with one attached hydrogen (secondary N) is 1. The standard InChI is InChI=1S/C18H24N2O3/c1-12(2)20-16(21)10-13-6-3-4-8-15(13)17(20)18(22)19-11-14-7-5-9-23-14/h3-4,6,8,12,14,17H,5,7,9-11H2,1-2H3,(H,19,22). The third-order valence-electron chi connectivity index (χ3n) is 4.59. The average molecular weight is 316 g/mol. The van der Waals surface area contributed by atoms with Gasteiger partial charge in [-0.1, -0.05) is 24.3 Å². The Bertz CT molecular complexity index is 594. The molecule has 2 unspecified atom stereocenters. The Morgan fingerprint density at radius 1 is 1.39 bits per heavy atom. The average Bonchev–Trinajstić information content (AvgIpc) is 3.04. The summed E-state index contributed by atoms with van der Waals surface area (Å²) < 4.78 is 5.56. The quantitative estimate of drug-likeness (QED) is 0.922. The van der Waals surface area contributed by atoms with Crippen LogP contribution >= 0.6 is 0 Å². The first-order valence-corrected chi connectivity index (χ1v) is 8.36. The zero-order valence-corrected chi connectivity index (χ0v) is 13.7. The van der Waals surface area contributed by atoms with Crippen LogP contribution in [-0.2, 0) is 20.7 Å². The van der Waals surface area contributed by atoms with E-state index in [0.29, 0.717) is 13.0 Å². The topological polar surface area (TPSA) is 58.6 Å². The number of carbonyl (C=O) groups excluding carboxylic acids is 2. The van der Waals surface area contributed by atoms with Crippen LogP contribution in [0, 0.1) is 0 Å². The number of carbonyl (C=O) groups is 2. The Morgan fingerprint density at radius 2 is 2.17 bits per heavy atom. The van der Waals surface area contributed by atoms with Crippen LogP contribution in [0.5, 0.6) is 0 Å². The Kier molecular flexibility index (Phi) is 4.66. The number of nitrogens with zero attached hydrogens (tertiary/aromatic N) is 1. The fourth-order valence-electron chi connectivity index (χ4n) is 3.48. The first-order chi connectivity index (χ1) is 11.1. The molecule has 3 rings (SSSR count). The molecule has 23 heavy (non-hydrogen) atoms. The molecule has 2 atom stereocenters. The van der Waals surface area contributed by atoms with Crippen molar-refractivity contribution in [1.82, 2.24) is 10.2 Å². The summed E-state index contributed by atoms with van der Waals surface area (Å²) in [4.78, 5) is 27.0. The molecule has 0 radical (unpaired) electrons. The smallest absolute Gasteiger partial charge is 0.247 e. The normalized spacial score (nSPS) is 24.0. The number of hydrogen-bond donors (Lipinski definition) is 1. The lowest BCUT2D eigenvalue weighted by atomic mass is 9.90. The predicted molar refractivity (Wildman–Crippen MR) is 86.9 cm³/mol. The molecule has 2 heterocycles. The maximum atomic E-state index is 12.8. The van der Waals surface area contributed by atoms with E-state index in [1.807, 2.05) is 38.1 Å². The molecule has 0 spiro atoms. The van der Waals surface area contributed by atoms with Gasteiger partial charge in [0.05, 0.1) is 12.5 Å². The molecule has 2 aliphatic heterocycles. The summed E-state index contributed by atoms with van der Waals surface area (Å²) in [5, 5.41) is 2.98. The van der Waals surface area contributed by atoms with Crippen LogP contribution in [0.1, 0.15) is 43.9 Å². The van der Waals surface area contributed by atoms with E-state index in [2.05, 4.69) is 5.32 Å². The number of amides is 2. The van der Waals surface area contributed by atoms with Gasteiger partial charge in [-0.3, -0.25) is 9.59 Å². The second kappa shape index (κ2) is 6.71. The summed E-state index contributed by atoms with van der Waals surface area (Å²) in [6.45, 7) is 5.18. The van der Waals surface area contributed by atoms with Gasteiger partial charge in [-0.05, 0) is 37.8 Å². The molecule has 5 heteroatoms. The molecule has 0 aromatic heterocycles. The van der Waals surface area contributed by atoms with E-state index in [9.17, 15) is 9.59 Å². The van der Waals surface area contributed by atoms with E-state index in [1.165, 1.54) is 0 Å². The molecular formula is C18H24N2O3.